The lowest BCUT2D eigenvalue weighted by atomic mass is 10.1. The number of ether oxygens (including phenoxy) is 1. The van der Waals surface area contributed by atoms with Gasteiger partial charge in [-0.05, 0) is 18.9 Å². The van der Waals surface area contributed by atoms with E-state index in [0.717, 1.165) is 19.4 Å². The smallest absolute Gasteiger partial charge is 0.107 e. The van der Waals surface area contributed by atoms with Crippen LogP contribution in [0.1, 0.15) is 24.5 Å². The zero-order chi connectivity index (χ0) is 10.1. The minimum Gasteiger partial charge on any atom is -0.386 e. The molecule has 2 unspecified atom stereocenters. The third kappa shape index (κ3) is 2.07. The summed E-state index contributed by atoms with van der Waals surface area (Å²) in [6, 6.07) is 1.71. The third-order valence-corrected chi connectivity index (χ3v) is 3.84. The summed E-state index contributed by atoms with van der Waals surface area (Å²) in [6.45, 7) is 0.719. The van der Waals surface area contributed by atoms with E-state index in [2.05, 4.69) is 0 Å². The molecule has 0 bridgehead atoms. The van der Waals surface area contributed by atoms with E-state index >= 15 is 0 Å². The number of aliphatic hydroxyl groups is 1. The van der Waals surface area contributed by atoms with Crippen molar-refractivity contribution in [1.29, 1.82) is 0 Å². The molecule has 2 nitrogen and oxygen atoms in total. The molecule has 1 aliphatic heterocycles. The summed E-state index contributed by atoms with van der Waals surface area (Å²) in [6.07, 6.45) is 1.11. The van der Waals surface area contributed by atoms with Crippen molar-refractivity contribution in [2.45, 2.75) is 25.0 Å². The van der Waals surface area contributed by atoms with E-state index in [-0.39, 0.29) is 6.10 Å². The first-order valence-corrected chi connectivity index (χ1v) is 6.00. The van der Waals surface area contributed by atoms with Gasteiger partial charge in [0.2, 0.25) is 0 Å². The molecule has 0 saturated carbocycles. The summed E-state index contributed by atoms with van der Waals surface area (Å²) in [4.78, 5) is 0. The molecule has 1 saturated heterocycles. The summed E-state index contributed by atoms with van der Waals surface area (Å²) < 4.78 is 6.54. The number of hydrogen-bond donors (Lipinski definition) is 1. The van der Waals surface area contributed by atoms with E-state index in [9.17, 15) is 5.11 Å². The Hall–Kier alpha value is 0.200. The van der Waals surface area contributed by atoms with E-state index in [0.29, 0.717) is 14.2 Å². The van der Waals surface area contributed by atoms with Gasteiger partial charge in [0.05, 0.1) is 10.4 Å². The Morgan fingerprint density at radius 2 is 2.36 bits per heavy atom. The summed E-state index contributed by atoms with van der Waals surface area (Å²) in [5.74, 6) is 0. The highest BCUT2D eigenvalue weighted by Gasteiger charge is 2.27. The van der Waals surface area contributed by atoms with Gasteiger partial charge in [0.1, 0.15) is 10.4 Å². The van der Waals surface area contributed by atoms with Crippen LogP contribution in [0.5, 0.6) is 0 Å². The Morgan fingerprint density at radius 3 is 2.86 bits per heavy atom. The van der Waals surface area contributed by atoms with Gasteiger partial charge in [-0.25, -0.2) is 0 Å². The summed E-state index contributed by atoms with van der Waals surface area (Å²) in [5.41, 5.74) is 0.688. The van der Waals surface area contributed by atoms with Crippen LogP contribution in [-0.2, 0) is 4.74 Å². The second-order valence-corrected chi connectivity index (χ2v) is 5.56. The lowest BCUT2D eigenvalue weighted by Gasteiger charge is -2.16. The Labute approximate surface area is 96.4 Å². The van der Waals surface area contributed by atoms with Crippen molar-refractivity contribution < 1.29 is 9.84 Å². The zero-order valence-electron chi connectivity index (χ0n) is 7.37. The average Bonchev–Trinajstić information content (AvgIpc) is 2.73. The maximum absolute atomic E-state index is 9.95. The second kappa shape index (κ2) is 4.37. The first-order valence-electron chi connectivity index (χ1n) is 4.43. The Bertz CT molecular complexity index is 321. The fourth-order valence-corrected chi connectivity index (χ4v) is 3.14. The molecular formula is C9H10Cl2O2S. The molecular weight excluding hydrogens is 243 g/mol. The number of aliphatic hydroxyl groups excluding tert-OH is 1. The van der Waals surface area contributed by atoms with Crippen LogP contribution in [0.4, 0.5) is 0 Å². The molecule has 14 heavy (non-hydrogen) atoms. The molecule has 1 N–H and O–H groups in total. The number of hydrogen-bond acceptors (Lipinski definition) is 3. The third-order valence-electron chi connectivity index (χ3n) is 2.32. The van der Waals surface area contributed by atoms with E-state index in [1.54, 1.807) is 6.07 Å². The van der Waals surface area contributed by atoms with Gasteiger partial charge in [0.15, 0.2) is 0 Å². The van der Waals surface area contributed by atoms with Gasteiger partial charge in [-0.1, -0.05) is 23.2 Å². The van der Waals surface area contributed by atoms with Crippen molar-refractivity contribution in [2.75, 3.05) is 6.61 Å². The van der Waals surface area contributed by atoms with Crippen LogP contribution in [0, 0.1) is 0 Å². The predicted molar refractivity (Wildman–Crippen MR) is 58.3 cm³/mol. The molecule has 0 radical (unpaired) electrons. The zero-order valence-corrected chi connectivity index (χ0v) is 9.70. The molecule has 2 heterocycles. The van der Waals surface area contributed by atoms with Crippen LogP contribution >= 0.6 is 34.5 Å². The molecule has 0 amide bonds. The van der Waals surface area contributed by atoms with Crippen LogP contribution < -0.4 is 0 Å². The molecule has 5 heteroatoms. The van der Waals surface area contributed by atoms with Crippen LogP contribution in [0.25, 0.3) is 0 Å². The van der Waals surface area contributed by atoms with Gasteiger partial charge in [0.25, 0.3) is 0 Å². The molecule has 1 aromatic heterocycles. The predicted octanol–water partition coefficient (Wildman–Crippen LogP) is 3.27. The minimum absolute atomic E-state index is 0.127. The SMILES string of the molecule is OC(c1cc(Cl)sc1Cl)C1CCCO1. The Kier molecular flexibility index (Phi) is 3.34. The average molecular weight is 253 g/mol. The quantitative estimate of drug-likeness (QED) is 0.876. The van der Waals surface area contributed by atoms with Gasteiger partial charge < -0.3 is 9.84 Å². The van der Waals surface area contributed by atoms with Gasteiger partial charge in [-0.15, -0.1) is 11.3 Å². The molecule has 0 aliphatic carbocycles. The highest BCUT2D eigenvalue weighted by molar-refractivity contribution is 7.20. The number of halogens is 2. The molecule has 2 rings (SSSR count). The normalized spacial score (nSPS) is 24.1. The van der Waals surface area contributed by atoms with Crippen LogP contribution in [0.15, 0.2) is 6.07 Å². The van der Waals surface area contributed by atoms with E-state index in [1.165, 1.54) is 11.3 Å². The maximum Gasteiger partial charge on any atom is 0.107 e. The summed E-state index contributed by atoms with van der Waals surface area (Å²) in [7, 11) is 0. The monoisotopic (exact) mass is 252 g/mol. The molecule has 78 valence electrons. The summed E-state index contributed by atoms with van der Waals surface area (Å²) in [5, 5.41) is 9.95. The Morgan fingerprint density at radius 1 is 1.57 bits per heavy atom. The van der Waals surface area contributed by atoms with Crippen molar-refractivity contribution in [3.05, 3.63) is 20.3 Å². The molecule has 0 aromatic carbocycles. The lowest BCUT2D eigenvalue weighted by Crippen LogP contribution is -2.16. The van der Waals surface area contributed by atoms with Gasteiger partial charge in [-0.2, -0.15) is 0 Å². The van der Waals surface area contributed by atoms with Crippen molar-refractivity contribution in [2.24, 2.45) is 0 Å². The van der Waals surface area contributed by atoms with Crippen molar-refractivity contribution in [3.63, 3.8) is 0 Å². The van der Waals surface area contributed by atoms with Crippen LogP contribution in [0.3, 0.4) is 0 Å². The lowest BCUT2D eigenvalue weighted by molar-refractivity contribution is -0.00233. The summed E-state index contributed by atoms with van der Waals surface area (Å²) >= 11 is 13.0. The largest absolute Gasteiger partial charge is 0.386 e. The van der Waals surface area contributed by atoms with Crippen LogP contribution in [-0.4, -0.2) is 17.8 Å². The van der Waals surface area contributed by atoms with E-state index < -0.39 is 6.10 Å². The first kappa shape index (κ1) is 10.7. The van der Waals surface area contributed by atoms with Crippen molar-refractivity contribution in [3.8, 4) is 0 Å². The fourth-order valence-electron chi connectivity index (χ4n) is 1.61. The van der Waals surface area contributed by atoms with E-state index in [4.69, 9.17) is 27.9 Å². The number of thiophene rings is 1. The second-order valence-electron chi connectivity index (χ2n) is 3.28. The van der Waals surface area contributed by atoms with Crippen molar-refractivity contribution >= 4 is 34.5 Å². The molecule has 1 fully saturated rings. The molecule has 1 aromatic rings. The highest BCUT2D eigenvalue weighted by Crippen LogP contribution is 2.38. The van der Waals surface area contributed by atoms with E-state index in [1.807, 2.05) is 0 Å². The number of rotatable bonds is 2. The highest BCUT2D eigenvalue weighted by atomic mass is 35.5. The van der Waals surface area contributed by atoms with Crippen molar-refractivity contribution in [1.82, 2.24) is 0 Å². The molecule has 2 atom stereocenters. The topological polar surface area (TPSA) is 29.5 Å². The molecule has 1 aliphatic rings. The standard InChI is InChI=1S/C9H10Cl2O2S/c10-7-4-5(9(11)14-7)8(12)6-2-1-3-13-6/h4,6,8,12H,1-3H2. The molecule has 0 spiro atoms. The Balaban J connectivity index is 2.17. The van der Waals surface area contributed by atoms with Crippen LogP contribution in [0.2, 0.25) is 8.67 Å². The van der Waals surface area contributed by atoms with Gasteiger partial charge in [0, 0.05) is 12.2 Å². The van der Waals surface area contributed by atoms with Gasteiger partial charge in [-0.3, -0.25) is 0 Å². The fraction of sp³-hybridized carbons (Fsp3) is 0.556. The maximum atomic E-state index is 9.95. The minimum atomic E-state index is -0.645. The van der Waals surface area contributed by atoms with Gasteiger partial charge >= 0.3 is 0 Å². The first-order chi connectivity index (χ1) is 6.68.